The number of nitrogens with two attached hydrogens (primary N) is 1. The highest BCUT2D eigenvalue weighted by molar-refractivity contribution is 5.25. The second-order valence-corrected chi connectivity index (χ2v) is 3.28. The van der Waals surface area contributed by atoms with Crippen molar-refractivity contribution in [3.63, 3.8) is 0 Å². The molecule has 2 nitrogen and oxygen atoms in total. The van der Waals surface area contributed by atoms with Crippen LogP contribution in [0.25, 0.3) is 0 Å². The third-order valence-electron chi connectivity index (χ3n) is 2.03. The monoisotopic (exact) mass is 201 g/mol. The Morgan fingerprint density at radius 1 is 1.50 bits per heavy atom. The average Bonchev–Trinajstić information content (AvgIpc) is 2.16. The van der Waals surface area contributed by atoms with Crippen molar-refractivity contribution in [1.29, 1.82) is 0 Å². The average molecular weight is 201 g/mol. The van der Waals surface area contributed by atoms with E-state index in [-0.39, 0.29) is 5.56 Å². The molecule has 4 heteroatoms. The van der Waals surface area contributed by atoms with Crippen LogP contribution >= 0.6 is 0 Å². The Morgan fingerprint density at radius 3 is 2.64 bits per heavy atom. The molecular formula is C10H13F2NO. The van der Waals surface area contributed by atoms with E-state index < -0.39 is 18.6 Å². The topological polar surface area (TPSA) is 46.2 Å². The number of halogens is 2. The molecule has 3 N–H and O–H groups in total. The zero-order chi connectivity index (χ0) is 10.8. The largest absolute Gasteiger partial charge is 0.382 e. The van der Waals surface area contributed by atoms with E-state index in [1.807, 2.05) is 0 Å². The molecule has 0 aliphatic carbocycles. The Hall–Kier alpha value is -1.00. The molecule has 0 radical (unpaired) electrons. The van der Waals surface area contributed by atoms with E-state index in [0.717, 1.165) is 5.56 Å². The summed E-state index contributed by atoms with van der Waals surface area (Å²) in [5.74, 6) is -3.27. The number of hydrogen-bond donors (Lipinski definition) is 2. The summed E-state index contributed by atoms with van der Waals surface area (Å²) in [6.07, 6.45) is -1.83. The molecule has 1 rings (SSSR count). The molecule has 78 valence electrons. The molecule has 1 atom stereocenters. The van der Waals surface area contributed by atoms with Gasteiger partial charge in [-0.1, -0.05) is 29.8 Å². The molecule has 0 aromatic heterocycles. The van der Waals surface area contributed by atoms with Crippen molar-refractivity contribution in [2.24, 2.45) is 5.73 Å². The van der Waals surface area contributed by atoms with E-state index in [4.69, 9.17) is 5.73 Å². The van der Waals surface area contributed by atoms with E-state index in [1.54, 1.807) is 19.1 Å². The fourth-order valence-electron chi connectivity index (χ4n) is 1.20. The molecular weight excluding hydrogens is 188 g/mol. The summed E-state index contributed by atoms with van der Waals surface area (Å²) >= 11 is 0. The van der Waals surface area contributed by atoms with Crippen LogP contribution < -0.4 is 5.73 Å². The standard InChI is InChI=1S/C10H13F2NO/c1-7-3-2-4-8(5-7)9(14)10(11,12)6-13/h2-5,9,14H,6,13H2,1H3. The minimum Gasteiger partial charge on any atom is -0.382 e. The van der Waals surface area contributed by atoms with Gasteiger partial charge in [-0.05, 0) is 12.5 Å². The maximum atomic E-state index is 13.0. The molecule has 0 fully saturated rings. The molecule has 0 spiro atoms. The molecule has 14 heavy (non-hydrogen) atoms. The Bertz CT molecular complexity index is 315. The third-order valence-corrected chi connectivity index (χ3v) is 2.03. The maximum absolute atomic E-state index is 13.0. The molecule has 0 bridgehead atoms. The lowest BCUT2D eigenvalue weighted by molar-refractivity contribution is -0.102. The molecule has 1 unspecified atom stereocenters. The predicted octanol–water partition coefficient (Wildman–Crippen LogP) is 1.62. The molecule has 0 saturated carbocycles. The number of aryl methyl sites for hydroxylation is 1. The second-order valence-electron chi connectivity index (χ2n) is 3.28. The van der Waals surface area contributed by atoms with E-state index in [1.165, 1.54) is 12.1 Å². The first-order valence-electron chi connectivity index (χ1n) is 4.30. The highest BCUT2D eigenvalue weighted by Crippen LogP contribution is 2.30. The summed E-state index contributed by atoms with van der Waals surface area (Å²) in [4.78, 5) is 0. The molecule has 0 amide bonds. The highest BCUT2D eigenvalue weighted by Gasteiger charge is 2.37. The normalized spacial score (nSPS) is 14.1. The number of benzene rings is 1. The highest BCUT2D eigenvalue weighted by atomic mass is 19.3. The number of aliphatic hydroxyl groups excluding tert-OH is 1. The zero-order valence-electron chi connectivity index (χ0n) is 7.87. The van der Waals surface area contributed by atoms with Gasteiger partial charge in [-0.3, -0.25) is 0 Å². The van der Waals surface area contributed by atoms with Crippen molar-refractivity contribution in [2.45, 2.75) is 19.0 Å². The van der Waals surface area contributed by atoms with Crippen LogP contribution in [0.5, 0.6) is 0 Å². The van der Waals surface area contributed by atoms with Crippen molar-refractivity contribution >= 4 is 0 Å². The van der Waals surface area contributed by atoms with E-state index in [0.29, 0.717) is 0 Å². The van der Waals surface area contributed by atoms with Gasteiger partial charge in [-0.2, -0.15) is 0 Å². The minimum atomic E-state index is -3.27. The van der Waals surface area contributed by atoms with Gasteiger partial charge in [0.05, 0.1) is 6.54 Å². The first kappa shape index (κ1) is 11.1. The molecule has 0 heterocycles. The van der Waals surface area contributed by atoms with Crippen LogP contribution in [0.2, 0.25) is 0 Å². The first-order chi connectivity index (χ1) is 6.47. The summed E-state index contributed by atoms with van der Waals surface area (Å²) in [5, 5.41) is 9.34. The van der Waals surface area contributed by atoms with Crippen LogP contribution in [0, 0.1) is 6.92 Å². The van der Waals surface area contributed by atoms with Crippen molar-refractivity contribution in [2.75, 3.05) is 6.54 Å². The van der Waals surface area contributed by atoms with Gasteiger partial charge in [-0.25, -0.2) is 8.78 Å². The van der Waals surface area contributed by atoms with Crippen molar-refractivity contribution in [1.82, 2.24) is 0 Å². The Balaban J connectivity index is 2.94. The maximum Gasteiger partial charge on any atom is 0.289 e. The number of alkyl halides is 2. The molecule has 0 aliphatic rings. The van der Waals surface area contributed by atoms with E-state index in [9.17, 15) is 13.9 Å². The summed E-state index contributed by atoms with van der Waals surface area (Å²) in [6, 6.07) is 6.38. The van der Waals surface area contributed by atoms with Crippen molar-refractivity contribution in [3.05, 3.63) is 35.4 Å². The van der Waals surface area contributed by atoms with Gasteiger partial charge < -0.3 is 10.8 Å². The smallest absolute Gasteiger partial charge is 0.289 e. The van der Waals surface area contributed by atoms with E-state index in [2.05, 4.69) is 0 Å². The van der Waals surface area contributed by atoms with Crippen LogP contribution in [0.15, 0.2) is 24.3 Å². The first-order valence-corrected chi connectivity index (χ1v) is 4.30. The van der Waals surface area contributed by atoms with Crippen LogP contribution in [-0.4, -0.2) is 17.6 Å². The summed E-state index contributed by atoms with van der Waals surface area (Å²) in [7, 11) is 0. The Labute approximate surface area is 81.4 Å². The zero-order valence-corrected chi connectivity index (χ0v) is 7.87. The molecule has 0 saturated heterocycles. The molecule has 1 aromatic rings. The van der Waals surface area contributed by atoms with Gasteiger partial charge in [0.2, 0.25) is 0 Å². The van der Waals surface area contributed by atoms with Crippen LogP contribution in [0.4, 0.5) is 8.78 Å². The summed E-state index contributed by atoms with van der Waals surface area (Å²) < 4.78 is 26.0. The van der Waals surface area contributed by atoms with Gasteiger partial charge in [-0.15, -0.1) is 0 Å². The van der Waals surface area contributed by atoms with Gasteiger partial charge in [0.25, 0.3) is 5.92 Å². The summed E-state index contributed by atoms with van der Waals surface area (Å²) in [5.41, 5.74) is 5.90. The molecule has 1 aromatic carbocycles. The minimum absolute atomic E-state index is 0.195. The number of rotatable bonds is 3. The van der Waals surface area contributed by atoms with Gasteiger partial charge >= 0.3 is 0 Å². The van der Waals surface area contributed by atoms with Gasteiger partial charge in [0.15, 0.2) is 0 Å². The molecule has 0 aliphatic heterocycles. The fourth-order valence-corrected chi connectivity index (χ4v) is 1.20. The van der Waals surface area contributed by atoms with Crippen molar-refractivity contribution in [3.8, 4) is 0 Å². The lowest BCUT2D eigenvalue weighted by atomic mass is 10.0. The van der Waals surface area contributed by atoms with Gasteiger partial charge in [0, 0.05) is 0 Å². The van der Waals surface area contributed by atoms with Crippen LogP contribution in [0.1, 0.15) is 17.2 Å². The van der Waals surface area contributed by atoms with Crippen LogP contribution in [0.3, 0.4) is 0 Å². The van der Waals surface area contributed by atoms with E-state index >= 15 is 0 Å². The lowest BCUT2D eigenvalue weighted by Gasteiger charge is -2.21. The SMILES string of the molecule is Cc1cccc(C(O)C(F)(F)CN)c1. The quantitative estimate of drug-likeness (QED) is 0.780. The van der Waals surface area contributed by atoms with Crippen molar-refractivity contribution < 1.29 is 13.9 Å². The number of aliphatic hydroxyl groups is 1. The lowest BCUT2D eigenvalue weighted by Crippen LogP contribution is -2.34. The summed E-state index contributed by atoms with van der Waals surface area (Å²) in [6.45, 7) is 0.916. The van der Waals surface area contributed by atoms with Crippen LogP contribution in [-0.2, 0) is 0 Å². The Morgan fingerprint density at radius 2 is 2.14 bits per heavy atom. The third kappa shape index (κ3) is 2.27. The number of hydrogen-bond acceptors (Lipinski definition) is 2. The Kier molecular flexibility index (Phi) is 3.18. The predicted molar refractivity (Wildman–Crippen MR) is 50.1 cm³/mol. The van der Waals surface area contributed by atoms with Gasteiger partial charge in [0.1, 0.15) is 6.10 Å². The second kappa shape index (κ2) is 4.02. The fraction of sp³-hybridized carbons (Fsp3) is 0.400.